The molecular weight excluding hydrogens is 256 g/mol. The highest BCUT2D eigenvalue weighted by Gasteiger charge is 2.36. The van der Waals surface area contributed by atoms with Crippen molar-refractivity contribution in [2.24, 2.45) is 0 Å². The molecule has 2 saturated heterocycles. The quantitative estimate of drug-likeness (QED) is 0.844. The monoisotopic (exact) mass is 284 g/mol. The molecule has 0 aromatic carbocycles. The molecule has 0 aromatic heterocycles. The smallest absolute Gasteiger partial charge is 0.410 e. The van der Waals surface area contributed by atoms with Gasteiger partial charge in [-0.2, -0.15) is 0 Å². The summed E-state index contributed by atoms with van der Waals surface area (Å²) in [5, 5.41) is 3.38. The van der Waals surface area contributed by atoms with Crippen LogP contribution in [0.5, 0.6) is 0 Å². The van der Waals surface area contributed by atoms with Crippen molar-refractivity contribution in [2.45, 2.75) is 64.1 Å². The molecule has 116 valence electrons. The standard InChI is InChI=1S/C15H28N2O3/c1-15(2,3)17(12-5-4-8-16-11-12)14(18)20-13-6-9-19-10-7-13/h12-13,16H,4-11H2,1-3H3/t12-/m0/s1. The Kier molecular flexibility index (Phi) is 5.27. The van der Waals surface area contributed by atoms with Gasteiger partial charge < -0.3 is 14.8 Å². The molecule has 0 aromatic rings. The van der Waals surface area contributed by atoms with Gasteiger partial charge in [0, 0.05) is 31.0 Å². The number of nitrogens with zero attached hydrogens (tertiary/aromatic N) is 1. The van der Waals surface area contributed by atoms with E-state index in [2.05, 4.69) is 26.1 Å². The fraction of sp³-hybridized carbons (Fsp3) is 0.933. The van der Waals surface area contributed by atoms with Crippen molar-refractivity contribution in [1.29, 1.82) is 0 Å². The Hall–Kier alpha value is -0.810. The van der Waals surface area contributed by atoms with Gasteiger partial charge in [-0.25, -0.2) is 4.79 Å². The third kappa shape index (κ3) is 4.09. The second-order valence-corrected chi connectivity index (χ2v) is 6.74. The molecule has 0 bridgehead atoms. The molecule has 2 rings (SSSR count). The van der Waals surface area contributed by atoms with E-state index in [4.69, 9.17) is 9.47 Å². The Morgan fingerprint density at radius 1 is 1.25 bits per heavy atom. The number of carbonyl (C=O) groups excluding carboxylic acids is 1. The summed E-state index contributed by atoms with van der Waals surface area (Å²) < 4.78 is 11.0. The molecule has 2 fully saturated rings. The molecule has 0 aliphatic carbocycles. The number of nitrogens with one attached hydrogen (secondary N) is 1. The van der Waals surface area contributed by atoms with E-state index in [1.807, 2.05) is 4.90 Å². The van der Waals surface area contributed by atoms with Crippen LogP contribution < -0.4 is 5.32 Å². The minimum absolute atomic E-state index is 0.0117. The first-order valence-electron chi connectivity index (χ1n) is 7.77. The maximum absolute atomic E-state index is 12.6. The topological polar surface area (TPSA) is 50.8 Å². The van der Waals surface area contributed by atoms with E-state index in [0.717, 1.165) is 38.8 Å². The van der Waals surface area contributed by atoms with Crippen LogP contribution in [0.1, 0.15) is 46.5 Å². The molecule has 1 N–H and O–H groups in total. The van der Waals surface area contributed by atoms with Crippen LogP contribution in [-0.4, -0.2) is 55.0 Å². The van der Waals surface area contributed by atoms with Crippen molar-refractivity contribution in [1.82, 2.24) is 10.2 Å². The van der Waals surface area contributed by atoms with E-state index < -0.39 is 0 Å². The minimum Gasteiger partial charge on any atom is -0.446 e. The van der Waals surface area contributed by atoms with Gasteiger partial charge >= 0.3 is 6.09 Å². The number of amides is 1. The second-order valence-electron chi connectivity index (χ2n) is 6.74. The predicted octanol–water partition coefficient (Wildman–Crippen LogP) is 2.15. The third-order valence-corrected chi connectivity index (χ3v) is 3.99. The van der Waals surface area contributed by atoms with Crippen LogP contribution in [0.2, 0.25) is 0 Å². The first-order valence-corrected chi connectivity index (χ1v) is 7.77. The van der Waals surface area contributed by atoms with Gasteiger partial charge in [-0.05, 0) is 40.2 Å². The van der Waals surface area contributed by atoms with Gasteiger partial charge in [0.2, 0.25) is 0 Å². The van der Waals surface area contributed by atoms with Crippen LogP contribution >= 0.6 is 0 Å². The summed E-state index contributed by atoms with van der Waals surface area (Å²) in [7, 11) is 0. The molecule has 1 atom stereocenters. The molecule has 5 nitrogen and oxygen atoms in total. The van der Waals surface area contributed by atoms with Gasteiger partial charge in [0.05, 0.1) is 13.2 Å². The second kappa shape index (κ2) is 6.76. The molecule has 0 radical (unpaired) electrons. The molecule has 0 unspecified atom stereocenters. The maximum atomic E-state index is 12.6. The van der Waals surface area contributed by atoms with Gasteiger partial charge in [0.15, 0.2) is 0 Å². The number of carbonyl (C=O) groups is 1. The lowest BCUT2D eigenvalue weighted by atomic mass is 9.98. The Bertz CT molecular complexity index is 316. The number of rotatable bonds is 2. The van der Waals surface area contributed by atoms with Gasteiger partial charge in [0.1, 0.15) is 6.10 Å². The highest BCUT2D eigenvalue weighted by molar-refractivity contribution is 5.69. The highest BCUT2D eigenvalue weighted by Crippen LogP contribution is 2.24. The normalized spacial score (nSPS) is 25.2. The lowest BCUT2D eigenvalue weighted by Gasteiger charge is -2.43. The molecule has 20 heavy (non-hydrogen) atoms. The lowest BCUT2D eigenvalue weighted by molar-refractivity contribution is -0.0282. The van der Waals surface area contributed by atoms with Gasteiger partial charge in [0.25, 0.3) is 0 Å². The van der Waals surface area contributed by atoms with Crippen LogP contribution in [0.25, 0.3) is 0 Å². The van der Waals surface area contributed by atoms with E-state index in [1.54, 1.807) is 0 Å². The molecule has 5 heteroatoms. The summed E-state index contributed by atoms with van der Waals surface area (Å²) >= 11 is 0. The Morgan fingerprint density at radius 3 is 2.50 bits per heavy atom. The fourth-order valence-electron chi connectivity index (χ4n) is 3.02. The van der Waals surface area contributed by atoms with Crippen LogP contribution in [0.4, 0.5) is 4.79 Å². The van der Waals surface area contributed by atoms with Crippen molar-refractivity contribution in [2.75, 3.05) is 26.3 Å². The molecular formula is C15H28N2O3. The molecule has 2 heterocycles. The summed E-state index contributed by atoms with van der Waals surface area (Å²) in [6.45, 7) is 9.52. The SMILES string of the molecule is CC(C)(C)N(C(=O)OC1CCOCC1)[C@H]1CCCNC1. The largest absolute Gasteiger partial charge is 0.446 e. The van der Waals surface area contributed by atoms with E-state index >= 15 is 0 Å². The first-order chi connectivity index (χ1) is 9.48. The Morgan fingerprint density at radius 2 is 1.95 bits per heavy atom. The van der Waals surface area contributed by atoms with Crippen molar-refractivity contribution in [3.05, 3.63) is 0 Å². The van der Waals surface area contributed by atoms with E-state index in [9.17, 15) is 4.79 Å². The lowest BCUT2D eigenvalue weighted by Crippen LogP contribution is -2.57. The number of ether oxygens (including phenoxy) is 2. The summed E-state index contributed by atoms with van der Waals surface area (Å²) in [6.07, 6.45) is 3.63. The summed E-state index contributed by atoms with van der Waals surface area (Å²) in [4.78, 5) is 14.5. The zero-order chi connectivity index (χ0) is 14.6. The van der Waals surface area contributed by atoms with E-state index in [-0.39, 0.29) is 23.8 Å². The van der Waals surface area contributed by atoms with Crippen LogP contribution in [0.3, 0.4) is 0 Å². The number of hydrogen-bond donors (Lipinski definition) is 1. The van der Waals surface area contributed by atoms with Crippen molar-refractivity contribution >= 4 is 6.09 Å². The average Bonchev–Trinajstić information content (AvgIpc) is 2.39. The van der Waals surface area contributed by atoms with Gasteiger partial charge in [-0.15, -0.1) is 0 Å². The molecule has 2 aliphatic heterocycles. The summed E-state index contributed by atoms with van der Waals surface area (Å²) in [6, 6.07) is 0.232. The Labute approximate surface area is 122 Å². The predicted molar refractivity (Wildman–Crippen MR) is 77.8 cm³/mol. The summed E-state index contributed by atoms with van der Waals surface area (Å²) in [5.41, 5.74) is -0.216. The molecule has 2 aliphatic rings. The highest BCUT2D eigenvalue weighted by atomic mass is 16.6. The van der Waals surface area contributed by atoms with E-state index in [0.29, 0.717) is 13.2 Å². The molecule has 1 amide bonds. The van der Waals surface area contributed by atoms with Gasteiger partial charge in [-0.1, -0.05) is 0 Å². The van der Waals surface area contributed by atoms with Gasteiger partial charge in [-0.3, -0.25) is 4.90 Å². The average molecular weight is 284 g/mol. The maximum Gasteiger partial charge on any atom is 0.410 e. The Balaban J connectivity index is 1.99. The van der Waals surface area contributed by atoms with Crippen LogP contribution in [-0.2, 0) is 9.47 Å². The van der Waals surface area contributed by atoms with Crippen LogP contribution in [0.15, 0.2) is 0 Å². The zero-order valence-corrected chi connectivity index (χ0v) is 13.0. The van der Waals surface area contributed by atoms with Crippen molar-refractivity contribution < 1.29 is 14.3 Å². The first kappa shape index (κ1) is 15.6. The van der Waals surface area contributed by atoms with Crippen LogP contribution in [0, 0.1) is 0 Å². The molecule has 0 spiro atoms. The molecule has 0 saturated carbocycles. The number of piperidine rings is 1. The van der Waals surface area contributed by atoms with Crippen molar-refractivity contribution in [3.63, 3.8) is 0 Å². The third-order valence-electron chi connectivity index (χ3n) is 3.99. The summed E-state index contributed by atoms with van der Waals surface area (Å²) in [5.74, 6) is 0. The van der Waals surface area contributed by atoms with E-state index in [1.165, 1.54) is 0 Å². The minimum atomic E-state index is -0.216. The zero-order valence-electron chi connectivity index (χ0n) is 13.0. The number of hydrogen-bond acceptors (Lipinski definition) is 4. The fourth-order valence-corrected chi connectivity index (χ4v) is 3.02. The van der Waals surface area contributed by atoms with Crippen molar-refractivity contribution in [3.8, 4) is 0 Å².